The number of nitrogens with one attached hydrogen (secondary N) is 1. The normalized spacial score (nSPS) is 10.0. The molecule has 1 N–H and O–H groups in total. The van der Waals surface area contributed by atoms with E-state index in [0.717, 1.165) is 11.1 Å². The summed E-state index contributed by atoms with van der Waals surface area (Å²) in [5, 5.41) is 13.2. The van der Waals surface area contributed by atoms with Gasteiger partial charge in [0.15, 0.2) is 0 Å². The van der Waals surface area contributed by atoms with E-state index in [4.69, 9.17) is 18.9 Å². The summed E-state index contributed by atoms with van der Waals surface area (Å²) in [5.74, 6) is -1.10. The lowest BCUT2D eigenvalue weighted by atomic mass is 10.1. The summed E-state index contributed by atoms with van der Waals surface area (Å²) < 4.78 is 24.3. The van der Waals surface area contributed by atoms with Crippen LogP contribution in [0.4, 0.5) is 16.2 Å². The number of carbonyl (C=O) groups excluding carboxylic acids is 3. The van der Waals surface area contributed by atoms with Gasteiger partial charge in [0.25, 0.3) is 5.69 Å². The first-order valence-electron chi connectivity index (χ1n) is 11.7. The van der Waals surface area contributed by atoms with Gasteiger partial charge < -0.3 is 23.7 Å². The molecule has 1 amide bonds. The number of hydrogen-bond acceptors (Lipinski definition) is 10. The molecule has 0 saturated heterocycles. The van der Waals surface area contributed by atoms with Crippen LogP contribution in [-0.4, -0.2) is 51.4 Å². The van der Waals surface area contributed by atoms with Crippen molar-refractivity contribution in [1.82, 2.24) is 0 Å². The van der Waals surface area contributed by atoms with Crippen molar-refractivity contribution >= 4 is 29.4 Å². The number of nitro groups is 1. The van der Waals surface area contributed by atoms with Gasteiger partial charge in [-0.3, -0.25) is 15.4 Å². The lowest BCUT2D eigenvalue weighted by Gasteiger charge is -2.10. The second-order valence-corrected chi connectivity index (χ2v) is 8.10. The lowest BCUT2D eigenvalue weighted by molar-refractivity contribution is -0.385. The predicted molar refractivity (Wildman–Crippen MR) is 144 cm³/mol. The topological polar surface area (TPSA) is 153 Å². The highest BCUT2D eigenvalue weighted by Crippen LogP contribution is 2.19. The van der Waals surface area contributed by atoms with Crippen molar-refractivity contribution in [1.29, 1.82) is 0 Å². The average molecular weight is 555 g/mol. The van der Waals surface area contributed by atoms with Crippen molar-refractivity contribution in [3.05, 3.63) is 105 Å². The summed E-state index contributed by atoms with van der Waals surface area (Å²) in [6.07, 6.45) is -0.607. The molecule has 0 fully saturated rings. The van der Waals surface area contributed by atoms with Crippen LogP contribution in [0.2, 0.25) is 0 Å². The van der Waals surface area contributed by atoms with E-state index in [0.29, 0.717) is 23.4 Å². The highest BCUT2D eigenvalue weighted by atomic mass is 16.6. The van der Waals surface area contributed by atoms with E-state index in [2.05, 4.69) is 10.1 Å². The summed E-state index contributed by atoms with van der Waals surface area (Å²) in [5.41, 5.74) is 2.92. The number of anilines is 1. The standard InChI is InChI=1S/C18H19NO5.C10H11NO5/c1-22-11-14-8-15(17(20)23-2)10-16(9-14)19-18(21)24-12-13-6-4-3-5-7-13;1-15-6-7-3-8(10(12)16-2)5-9(4-7)11(13)14/h3-10H,11-12H2,1-2H3,(H,19,21);3-5H,6H2,1-2H3. The molecule has 12 heteroatoms. The predicted octanol–water partition coefficient (Wildman–Crippen LogP) is 4.90. The van der Waals surface area contributed by atoms with Gasteiger partial charge in [-0.25, -0.2) is 14.4 Å². The van der Waals surface area contributed by atoms with E-state index >= 15 is 0 Å². The number of nitro benzene ring substituents is 1. The summed E-state index contributed by atoms with van der Waals surface area (Å²) >= 11 is 0. The van der Waals surface area contributed by atoms with Crippen molar-refractivity contribution in [3.8, 4) is 0 Å². The molecule has 212 valence electrons. The Morgan fingerprint density at radius 2 is 1.27 bits per heavy atom. The molecular formula is C28H30N2O10. The molecule has 0 spiro atoms. The zero-order chi connectivity index (χ0) is 29.5. The minimum atomic E-state index is -0.610. The van der Waals surface area contributed by atoms with Gasteiger partial charge in [-0.15, -0.1) is 0 Å². The van der Waals surface area contributed by atoms with Gasteiger partial charge in [0, 0.05) is 32.0 Å². The number of hydrogen-bond donors (Lipinski definition) is 1. The van der Waals surface area contributed by atoms with Crippen LogP contribution in [0.1, 0.15) is 37.4 Å². The van der Waals surface area contributed by atoms with Crippen LogP contribution in [0.25, 0.3) is 0 Å². The fraction of sp³-hybridized carbons (Fsp3) is 0.250. The molecule has 0 atom stereocenters. The zero-order valence-corrected chi connectivity index (χ0v) is 22.5. The molecule has 3 aromatic rings. The molecule has 0 aromatic heterocycles. The van der Waals surface area contributed by atoms with E-state index < -0.39 is 23.0 Å². The fourth-order valence-electron chi connectivity index (χ4n) is 3.39. The number of ether oxygens (including phenoxy) is 5. The number of non-ortho nitro benzene ring substituents is 1. The van der Waals surface area contributed by atoms with Gasteiger partial charge in [-0.1, -0.05) is 30.3 Å². The molecule has 0 bridgehead atoms. The first-order valence-corrected chi connectivity index (χ1v) is 11.7. The Labute approximate surface area is 230 Å². The first kappa shape index (κ1) is 31.4. The van der Waals surface area contributed by atoms with Gasteiger partial charge in [-0.2, -0.15) is 0 Å². The van der Waals surface area contributed by atoms with Crippen LogP contribution in [0, 0.1) is 10.1 Å². The summed E-state index contributed by atoms with van der Waals surface area (Å²) in [6.45, 7) is 0.665. The van der Waals surface area contributed by atoms with E-state index in [-0.39, 0.29) is 24.5 Å². The second kappa shape index (κ2) is 16.2. The molecule has 0 aliphatic heterocycles. The van der Waals surface area contributed by atoms with Gasteiger partial charge in [0.1, 0.15) is 6.61 Å². The van der Waals surface area contributed by atoms with Crippen molar-refractivity contribution in [2.75, 3.05) is 33.8 Å². The Balaban J connectivity index is 0.000000305. The summed E-state index contributed by atoms with van der Waals surface area (Å²) in [6, 6.07) is 18.3. The summed E-state index contributed by atoms with van der Waals surface area (Å²) in [7, 11) is 5.53. The minimum Gasteiger partial charge on any atom is -0.465 e. The lowest BCUT2D eigenvalue weighted by Crippen LogP contribution is -2.14. The molecule has 12 nitrogen and oxygen atoms in total. The maximum Gasteiger partial charge on any atom is 0.411 e. The van der Waals surface area contributed by atoms with Crippen molar-refractivity contribution in [3.63, 3.8) is 0 Å². The van der Waals surface area contributed by atoms with E-state index in [1.807, 2.05) is 30.3 Å². The van der Waals surface area contributed by atoms with Crippen molar-refractivity contribution in [2.45, 2.75) is 19.8 Å². The fourth-order valence-corrected chi connectivity index (χ4v) is 3.39. The highest BCUT2D eigenvalue weighted by molar-refractivity contribution is 5.93. The van der Waals surface area contributed by atoms with Gasteiger partial charge in [0.05, 0.1) is 43.5 Å². The largest absolute Gasteiger partial charge is 0.465 e. The molecule has 40 heavy (non-hydrogen) atoms. The van der Waals surface area contributed by atoms with Crippen LogP contribution in [0.5, 0.6) is 0 Å². The molecular weight excluding hydrogens is 524 g/mol. The van der Waals surface area contributed by atoms with Gasteiger partial charge >= 0.3 is 18.0 Å². The third kappa shape index (κ3) is 10.2. The Morgan fingerprint density at radius 3 is 1.80 bits per heavy atom. The quantitative estimate of drug-likeness (QED) is 0.158. The molecule has 3 aromatic carbocycles. The van der Waals surface area contributed by atoms with Crippen LogP contribution >= 0.6 is 0 Å². The highest BCUT2D eigenvalue weighted by Gasteiger charge is 2.15. The number of nitrogens with zero attached hydrogens (tertiary/aromatic N) is 1. The second-order valence-electron chi connectivity index (χ2n) is 8.10. The Kier molecular flexibility index (Phi) is 12.7. The molecule has 0 unspecified atom stereocenters. The van der Waals surface area contributed by atoms with Gasteiger partial charge in [0.2, 0.25) is 0 Å². The zero-order valence-electron chi connectivity index (χ0n) is 22.5. The van der Waals surface area contributed by atoms with E-state index in [1.165, 1.54) is 45.6 Å². The maximum atomic E-state index is 11.9. The average Bonchev–Trinajstić information content (AvgIpc) is 2.96. The summed E-state index contributed by atoms with van der Waals surface area (Å²) in [4.78, 5) is 45.0. The third-order valence-corrected chi connectivity index (χ3v) is 5.10. The SMILES string of the molecule is COCc1cc(C(=O)OC)cc([N+](=O)[O-])c1.COCc1cc(NC(=O)OCc2ccccc2)cc(C(=O)OC)c1. The first-order chi connectivity index (χ1) is 19.2. The number of rotatable bonds is 10. The van der Waals surface area contributed by atoms with Crippen LogP contribution in [0.15, 0.2) is 66.7 Å². The number of amides is 1. The molecule has 0 saturated carbocycles. The number of esters is 2. The number of benzene rings is 3. The Hall–Kier alpha value is -4.81. The third-order valence-electron chi connectivity index (χ3n) is 5.10. The molecule has 0 aliphatic carbocycles. The molecule has 0 radical (unpaired) electrons. The van der Waals surface area contributed by atoms with E-state index in [1.54, 1.807) is 19.2 Å². The Morgan fingerprint density at radius 1 is 0.725 bits per heavy atom. The van der Waals surface area contributed by atoms with Crippen LogP contribution in [-0.2, 0) is 43.5 Å². The van der Waals surface area contributed by atoms with E-state index in [9.17, 15) is 24.5 Å². The molecule has 3 rings (SSSR count). The van der Waals surface area contributed by atoms with Crippen LogP contribution < -0.4 is 5.32 Å². The molecule has 0 heterocycles. The smallest absolute Gasteiger partial charge is 0.411 e. The number of carbonyl (C=O) groups is 3. The molecule has 0 aliphatic rings. The number of methoxy groups -OCH3 is 4. The minimum absolute atomic E-state index is 0.142. The van der Waals surface area contributed by atoms with Crippen molar-refractivity contribution in [2.24, 2.45) is 0 Å². The Bertz CT molecular complexity index is 1310. The van der Waals surface area contributed by atoms with Crippen molar-refractivity contribution < 1.29 is 43.0 Å². The maximum absolute atomic E-state index is 11.9. The van der Waals surface area contributed by atoms with Gasteiger partial charge in [-0.05, 0) is 41.0 Å². The monoisotopic (exact) mass is 554 g/mol. The van der Waals surface area contributed by atoms with Crippen LogP contribution in [0.3, 0.4) is 0 Å².